The second-order valence-electron chi connectivity index (χ2n) is 7.99. The van der Waals surface area contributed by atoms with E-state index in [1.165, 1.54) is 18.5 Å². The predicted octanol–water partition coefficient (Wildman–Crippen LogP) is 4.14. The highest BCUT2D eigenvalue weighted by Gasteiger charge is 2.35. The van der Waals surface area contributed by atoms with Gasteiger partial charge >= 0.3 is 0 Å². The standard InChI is InChI=1S/C21H24ClN5O2S/c22-17-7-3-14(13-23-30(28,29)16-5-6-16)11-19(17)25-21-24-18-8-4-15(12-20(18)26-21)27-9-1-2-10-27/h3-4,7-8,11-12,16,23H,1-2,5-6,9-10,13H2,(H2,24,25,26). The predicted molar refractivity (Wildman–Crippen MR) is 121 cm³/mol. The summed E-state index contributed by atoms with van der Waals surface area (Å²) in [5.74, 6) is 0.598. The molecule has 2 aliphatic rings. The number of nitrogens with one attached hydrogen (secondary N) is 3. The van der Waals surface area contributed by atoms with E-state index in [2.05, 4.69) is 37.0 Å². The number of imidazole rings is 1. The number of halogens is 1. The van der Waals surface area contributed by atoms with Gasteiger partial charge in [0.05, 0.1) is 27.0 Å². The number of rotatable bonds is 7. The molecule has 1 saturated carbocycles. The van der Waals surface area contributed by atoms with Gasteiger partial charge in [-0.15, -0.1) is 0 Å². The van der Waals surface area contributed by atoms with E-state index < -0.39 is 10.0 Å². The van der Waals surface area contributed by atoms with Crippen molar-refractivity contribution < 1.29 is 8.42 Å². The maximum absolute atomic E-state index is 12.1. The number of H-pyrrole nitrogens is 1. The van der Waals surface area contributed by atoms with Crippen molar-refractivity contribution in [2.24, 2.45) is 0 Å². The molecule has 2 heterocycles. The van der Waals surface area contributed by atoms with Crippen molar-refractivity contribution in [3.63, 3.8) is 0 Å². The number of hydrogen-bond donors (Lipinski definition) is 3. The number of fused-ring (bicyclic) bond motifs is 1. The summed E-state index contributed by atoms with van der Waals surface area (Å²) in [6.07, 6.45) is 3.96. The molecule has 0 unspecified atom stereocenters. The average molecular weight is 446 g/mol. The van der Waals surface area contributed by atoms with Gasteiger partial charge in [0.15, 0.2) is 0 Å². The number of benzene rings is 2. The molecule has 1 aliphatic heterocycles. The summed E-state index contributed by atoms with van der Waals surface area (Å²) in [4.78, 5) is 10.3. The number of nitrogens with zero attached hydrogens (tertiary/aromatic N) is 2. The van der Waals surface area contributed by atoms with Crippen molar-refractivity contribution in [2.45, 2.75) is 37.5 Å². The van der Waals surface area contributed by atoms with Crippen LogP contribution in [0.5, 0.6) is 0 Å². The monoisotopic (exact) mass is 445 g/mol. The van der Waals surface area contributed by atoms with Crippen molar-refractivity contribution in [1.29, 1.82) is 0 Å². The highest BCUT2D eigenvalue weighted by atomic mass is 35.5. The lowest BCUT2D eigenvalue weighted by Crippen LogP contribution is -2.26. The molecule has 5 rings (SSSR count). The molecule has 1 aliphatic carbocycles. The second kappa shape index (κ2) is 7.76. The van der Waals surface area contributed by atoms with E-state index >= 15 is 0 Å². The van der Waals surface area contributed by atoms with Crippen LogP contribution in [0.1, 0.15) is 31.2 Å². The number of aromatic nitrogens is 2. The maximum atomic E-state index is 12.1. The van der Waals surface area contributed by atoms with Crippen molar-refractivity contribution in [1.82, 2.24) is 14.7 Å². The van der Waals surface area contributed by atoms with Crippen LogP contribution in [0.15, 0.2) is 36.4 Å². The van der Waals surface area contributed by atoms with Crippen LogP contribution in [0.2, 0.25) is 5.02 Å². The second-order valence-corrected chi connectivity index (χ2v) is 10.4. The minimum absolute atomic E-state index is 0.233. The summed E-state index contributed by atoms with van der Waals surface area (Å²) >= 11 is 6.36. The van der Waals surface area contributed by atoms with Crippen LogP contribution < -0.4 is 14.9 Å². The summed E-state index contributed by atoms with van der Waals surface area (Å²) < 4.78 is 26.8. The molecule has 0 amide bonds. The van der Waals surface area contributed by atoms with Gasteiger partial charge in [-0.25, -0.2) is 18.1 Å². The quantitative estimate of drug-likeness (QED) is 0.508. The zero-order valence-corrected chi connectivity index (χ0v) is 18.1. The Labute approximate surface area is 180 Å². The number of sulfonamides is 1. The Morgan fingerprint density at radius 1 is 1.13 bits per heavy atom. The minimum Gasteiger partial charge on any atom is -0.371 e. The molecule has 0 bridgehead atoms. The van der Waals surface area contributed by atoms with E-state index in [0.29, 0.717) is 16.7 Å². The normalized spacial score (nSPS) is 17.0. The molecule has 1 saturated heterocycles. The van der Waals surface area contributed by atoms with Crippen LogP contribution in [0, 0.1) is 0 Å². The lowest BCUT2D eigenvalue weighted by molar-refractivity contribution is 0.580. The number of hydrogen-bond acceptors (Lipinski definition) is 5. The van der Waals surface area contributed by atoms with E-state index in [9.17, 15) is 8.42 Å². The molecule has 0 radical (unpaired) electrons. The van der Waals surface area contributed by atoms with Crippen LogP contribution in [0.4, 0.5) is 17.3 Å². The van der Waals surface area contributed by atoms with Crippen LogP contribution in [0.25, 0.3) is 11.0 Å². The summed E-state index contributed by atoms with van der Waals surface area (Å²) in [7, 11) is -3.22. The van der Waals surface area contributed by atoms with Crippen LogP contribution >= 0.6 is 11.6 Å². The highest BCUT2D eigenvalue weighted by molar-refractivity contribution is 7.90. The van der Waals surface area contributed by atoms with Crippen molar-refractivity contribution in [2.75, 3.05) is 23.3 Å². The molecular formula is C21H24ClN5O2S. The lowest BCUT2D eigenvalue weighted by atomic mass is 10.2. The molecule has 2 fully saturated rings. The Bertz CT molecular complexity index is 1180. The maximum Gasteiger partial charge on any atom is 0.214 e. The highest BCUT2D eigenvalue weighted by Crippen LogP contribution is 2.30. The molecule has 3 N–H and O–H groups in total. The topological polar surface area (TPSA) is 90.1 Å². The third-order valence-electron chi connectivity index (χ3n) is 5.66. The van der Waals surface area contributed by atoms with Gasteiger partial charge in [0, 0.05) is 25.3 Å². The Hall–Kier alpha value is -2.29. The molecule has 9 heteroatoms. The first-order chi connectivity index (χ1) is 14.5. The fourth-order valence-corrected chi connectivity index (χ4v) is 5.34. The molecule has 7 nitrogen and oxygen atoms in total. The van der Waals surface area contributed by atoms with Gasteiger partial charge in [-0.3, -0.25) is 0 Å². The third kappa shape index (κ3) is 4.12. The Kier molecular flexibility index (Phi) is 5.08. The van der Waals surface area contributed by atoms with Gasteiger partial charge in [0.25, 0.3) is 0 Å². The van der Waals surface area contributed by atoms with Crippen molar-refractivity contribution >= 4 is 50.0 Å². The summed E-state index contributed by atoms with van der Waals surface area (Å²) in [5.41, 5.74) is 4.56. The zero-order chi connectivity index (χ0) is 20.7. The van der Waals surface area contributed by atoms with E-state index in [4.69, 9.17) is 11.6 Å². The lowest BCUT2D eigenvalue weighted by Gasteiger charge is -2.17. The van der Waals surface area contributed by atoms with Gasteiger partial charge in [-0.05, 0) is 61.6 Å². The molecular weight excluding hydrogens is 422 g/mol. The summed E-state index contributed by atoms with van der Waals surface area (Å²) in [5, 5.41) is 3.54. The average Bonchev–Trinajstić information content (AvgIpc) is 3.31. The van der Waals surface area contributed by atoms with Crippen LogP contribution in [-0.2, 0) is 16.6 Å². The smallest absolute Gasteiger partial charge is 0.214 e. The largest absolute Gasteiger partial charge is 0.371 e. The van der Waals surface area contributed by atoms with Gasteiger partial charge < -0.3 is 15.2 Å². The van der Waals surface area contributed by atoms with E-state index in [1.807, 2.05) is 18.2 Å². The molecule has 30 heavy (non-hydrogen) atoms. The zero-order valence-electron chi connectivity index (χ0n) is 16.5. The summed E-state index contributed by atoms with van der Waals surface area (Å²) in [6, 6.07) is 11.7. The van der Waals surface area contributed by atoms with Crippen molar-refractivity contribution in [3.05, 3.63) is 47.0 Å². The molecule has 1 aromatic heterocycles. The minimum atomic E-state index is -3.22. The Morgan fingerprint density at radius 3 is 2.70 bits per heavy atom. The van der Waals surface area contributed by atoms with Crippen molar-refractivity contribution in [3.8, 4) is 0 Å². The Morgan fingerprint density at radius 2 is 1.93 bits per heavy atom. The first-order valence-electron chi connectivity index (χ1n) is 10.3. The molecule has 2 aromatic carbocycles. The first-order valence-corrected chi connectivity index (χ1v) is 12.2. The third-order valence-corrected chi connectivity index (χ3v) is 7.89. The van der Waals surface area contributed by atoms with Gasteiger partial charge in [0.2, 0.25) is 16.0 Å². The molecule has 0 spiro atoms. The van der Waals surface area contributed by atoms with Gasteiger partial charge in [-0.1, -0.05) is 17.7 Å². The molecule has 158 valence electrons. The number of aromatic amines is 1. The van der Waals surface area contributed by atoms with Gasteiger partial charge in [-0.2, -0.15) is 0 Å². The van der Waals surface area contributed by atoms with E-state index in [1.54, 1.807) is 6.07 Å². The molecule has 0 atom stereocenters. The van der Waals surface area contributed by atoms with Crippen LogP contribution in [0.3, 0.4) is 0 Å². The molecule has 3 aromatic rings. The van der Waals surface area contributed by atoms with Gasteiger partial charge in [0.1, 0.15) is 0 Å². The SMILES string of the molecule is O=S(=O)(NCc1ccc(Cl)c(Nc2nc3ccc(N4CCCC4)cc3[nH]2)c1)C1CC1. The van der Waals surface area contributed by atoms with Crippen LogP contribution in [-0.4, -0.2) is 36.7 Å². The van der Waals surface area contributed by atoms with E-state index in [-0.39, 0.29) is 11.8 Å². The van der Waals surface area contributed by atoms with E-state index in [0.717, 1.165) is 42.5 Å². The fourth-order valence-electron chi connectivity index (χ4n) is 3.81. The Balaban J connectivity index is 1.33. The first kappa shape index (κ1) is 19.7. The summed E-state index contributed by atoms with van der Waals surface area (Å²) in [6.45, 7) is 2.43. The fraction of sp³-hybridized carbons (Fsp3) is 0.381. The number of anilines is 3.